The van der Waals surface area contributed by atoms with E-state index in [4.69, 9.17) is 0 Å². The van der Waals surface area contributed by atoms with Crippen molar-refractivity contribution in [1.82, 2.24) is 10.3 Å². The molecule has 1 aromatic heterocycles. The lowest BCUT2D eigenvalue weighted by Crippen LogP contribution is -2.41. The Morgan fingerprint density at radius 1 is 1.26 bits per heavy atom. The quantitative estimate of drug-likeness (QED) is 0.508. The van der Waals surface area contributed by atoms with Crippen molar-refractivity contribution >= 4 is 29.4 Å². The van der Waals surface area contributed by atoms with E-state index in [0.29, 0.717) is 13.1 Å². The molecule has 1 aliphatic heterocycles. The van der Waals surface area contributed by atoms with Gasteiger partial charge in [-0.05, 0) is 24.3 Å². The predicted molar refractivity (Wildman–Crippen MR) is 75.1 cm³/mol. The summed E-state index contributed by atoms with van der Waals surface area (Å²) in [7, 11) is 0. The average Bonchev–Trinajstić information content (AvgIpc) is 2.78. The van der Waals surface area contributed by atoms with Crippen LogP contribution < -0.4 is 5.43 Å². The number of hydrazone groups is 1. The lowest BCUT2D eigenvalue weighted by atomic mass is 10.2. The maximum absolute atomic E-state index is 11.9. The third-order valence-electron chi connectivity index (χ3n) is 2.99. The summed E-state index contributed by atoms with van der Waals surface area (Å²) in [5.41, 5.74) is 2.28. The summed E-state index contributed by atoms with van der Waals surface area (Å²) < 4.78 is 0. The summed E-state index contributed by atoms with van der Waals surface area (Å²) in [6, 6.07) is 3.78. The van der Waals surface area contributed by atoms with E-state index in [1.807, 2.05) is 17.5 Å². The van der Waals surface area contributed by atoms with Gasteiger partial charge < -0.3 is 4.90 Å². The Hall–Kier alpha value is -1.69. The van der Waals surface area contributed by atoms with Crippen LogP contribution >= 0.6 is 11.3 Å². The van der Waals surface area contributed by atoms with Crippen LogP contribution in [-0.4, -0.2) is 36.0 Å². The van der Waals surface area contributed by atoms with E-state index < -0.39 is 11.8 Å². The first-order chi connectivity index (χ1) is 9.27. The molecule has 1 N–H and O–H groups in total. The molecule has 19 heavy (non-hydrogen) atoms. The molecule has 1 aromatic rings. The summed E-state index contributed by atoms with van der Waals surface area (Å²) >= 11 is 1.52. The van der Waals surface area contributed by atoms with Gasteiger partial charge in [0.25, 0.3) is 0 Å². The van der Waals surface area contributed by atoms with Crippen molar-refractivity contribution < 1.29 is 9.59 Å². The maximum Gasteiger partial charge on any atom is 0.329 e. The van der Waals surface area contributed by atoms with Gasteiger partial charge in [-0.25, -0.2) is 5.43 Å². The summed E-state index contributed by atoms with van der Waals surface area (Å²) in [5, 5.41) is 5.71. The molecule has 5 nitrogen and oxygen atoms in total. The van der Waals surface area contributed by atoms with Gasteiger partial charge in [0, 0.05) is 18.0 Å². The molecule has 2 heterocycles. The molecule has 6 heteroatoms. The van der Waals surface area contributed by atoms with Gasteiger partial charge in [-0.1, -0.05) is 18.9 Å². The number of likely N-dealkylation sites (tertiary alicyclic amines) is 1. The number of amides is 2. The highest BCUT2D eigenvalue weighted by Crippen LogP contribution is 2.09. The van der Waals surface area contributed by atoms with Gasteiger partial charge in [-0.3, -0.25) is 9.59 Å². The Labute approximate surface area is 116 Å². The number of nitrogens with one attached hydrogen (secondary N) is 1. The number of rotatable bonds is 2. The number of hydrogen-bond donors (Lipinski definition) is 1. The average molecular weight is 279 g/mol. The molecule has 2 rings (SSSR count). The minimum Gasteiger partial charge on any atom is -0.334 e. The van der Waals surface area contributed by atoms with Crippen molar-refractivity contribution in [3.8, 4) is 0 Å². The SMILES string of the molecule is O=C(N/N=C/c1cccs1)C(=O)N1CCCCCC1. The van der Waals surface area contributed by atoms with Crippen LogP contribution in [0.5, 0.6) is 0 Å². The topological polar surface area (TPSA) is 61.8 Å². The van der Waals surface area contributed by atoms with Gasteiger partial charge in [0.15, 0.2) is 0 Å². The summed E-state index contributed by atoms with van der Waals surface area (Å²) in [4.78, 5) is 26.1. The molecule has 1 saturated heterocycles. The van der Waals surface area contributed by atoms with Crippen molar-refractivity contribution in [2.75, 3.05) is 13.1 Å². The molecule has 0 spiro atoms. The second kappa shape index (κ2) is 7.04. The Morgan fingerprint density at radius 3 is 2.63 bits per heavy atom. The van der Waals surface area contributed by atoms with Crippen LogP contribution in [0.3, 0.4) is 0 Å². The standard InChI is InChI=1S/C13H17N3O2S/c17-12(15-14-10-11-6-5-9-19-11)13(18)16-7-3-1-2-4-8-16/h5-6,9-10H,1-4,7-8H2,(H,15,17)/b14-10+. The van der Waals surface area contributed by atoms with Crippen molar-refractivity contribution in [2.24, 2.45) is 5.10 Å². The first kappa shape index (κ1) is 13.7. The maximum atomic E-state index is 11.9. The van der Waals surface area contributed by atoms with Crippen LogP contribution in [0, 0.1) is 0 Å². The van der Waals surface area contributed by atoms with Crippen LogP contribution in [0.4, 0.5) is 0 Å². The summed E-state index contributed by atoms with van der Waals surface area (Å²) in [6.07, 6.45) is 5.73. The zero-order chi connectivity index (χ0) is 13.5. The molecule has 0 atom stereocenters. The van der Waals surface area contributed by atoms with Crippen LogP contribution in [0.25, 0.3) is 0 Å². The number of carbonyl (C=O) groups is 2. The first-order valence-corrected chi connectivity index (χ1v) is 7.31. The zero-order valence-corrected chi connectivity index (χ0v) is 11.5. The van der Waals surface area contributed by atoms with Gasteiger partial charge in [-0.15, -0.1) is 11.3 Å². The minimum atomic E-state index is -0.658. The highest BCUT2D eigenvalue weighted by molar-refractivity contribution is 7.11. The molecule has 0 bridgehead atoms. The van der Waals surface area contributed by atoms with Gasteiger partial charge in [0.05, 0.1) is 6.21 Å². The van der Waals surface area contributed by atoms with E-state index in [-0.39, 0.29) is 0 Å². The van der Waals surface area contributed by atoms with Crippen molar-refractivity contribution in [3.63, 3.8) is 0 Å². The van der Waals surface area contributed by atoms with Crippen LogP contribution in [0.2, 0.25) is 0 Å². The highest BCUT2D eigenvalue weighted by atomic mass is 32.1. The lowest BCUT2D eigenvalue weighted by molar-refractivity contribution is -0.145. The number of nitrogens with zero attached hydrogens (tertiary/aromatic N) is 2. The number of hydrogen-bond acceptors (Lipinski definition) is 4. The van der Waals surface area contributed by atoms with E-state index in [1.54, 1.807) is 4.90 Å². The fourth-order valence-corrected chi connectivity index (χ4v) is 2.57. The first-order valence-electron chi connectivity index (χ1n) is 6.43. The van der Waals surface area contributed by atoms with E-state index >= 15 is 0 Å². The fraction of sp³-hybridized carbons (Fsp3) is 0.462. The predicted octanol–water partition coefficient (Wildman–Crippen LogP) is 1.60. The molecule has 0 aromatic carbocycles. The Morgan fingerprint density at radius 2 is 2.00 bits per heavy atom. The highest BCUT2D eigenvalue weighted by Gasteiger charge is 2.21. The van der Waals surface area contributed by atoms with Crippen molar-refractivity contribution in [1.29, 1.82) is 0 Å². The molecule has 2 amide bonds. The van der Waals surface area contributed by atoms with Crippen LogP contribution in [0.15, 0.2) is 22.6 Å². The summed E-state index contributed by atoms with van der Waals surface area (Å²) in [6.45, 7) is 1.34. The van der Waals surface area contributed by atoms with E-state index in [0.717, 1.165) is 30.6 Å². The Bertz CT molecular complexity index is 448. The molecular weight excluding hydrogens is 262 g/mol. The normalized spacial score (nSPS) is 16.3. The molecule has 1 fully saturated rings. The monoisotopic (exact) mass is 279 g/mol. The third-order valence-corrected chi connectivity index (χ3v) is 3.80. The van der Waals surface area contributed by atoms with Gasteiger partial charge in [0.1, 0.15) is 0 Å². The Kier molecular flexibility index (Phi) is 5.09. The van der Waals surface area contributed by atoms with E-state index in [2.05, 4.69) is 10.5 Å². The molecule has 0 unspecified atom stereocenters. The molecule has 0 radical (unpaired) electrons. The fourth-order valence-electron chi connectivity index (χ4n) is 1.98. The smallest absolute Gasteiger partial charge is 0.329 e. The van der Waals surface area contributed by atoms with Crippen LogP contribution in [0.1, 0.15) is 30.6 Å². The summed E-state index contributed by atoms with van der Waals surface area (Å²) in [5.74, 6) is -1.14. The lowest BCUT2D eigenvalue weighted by Gasteiger charge is -2.18. The third kappa shape index (κ3) is 4.17. The number of thiophene rings is 1. The van der Waals surface area contributed by atoms with E-state index in [9.17, 15) is 9.59 Å². The minimum absolute atomic E-state index is 0.481. The molecule has 0 saturated carbocycles. The van der Waals surface area contributed by atoms with Crippen molar-refractivity contribution in [3.05, 3.63) is 22.4 Å². The number of carbonyl (C=O) groups excluding carboxylic acids is 2. The Balaban J connectivity index is 1.83. The van der Waals surface area contributed by atoms with Gasteiger partial charge in [0.2, 0.25) is 0 Å². The van der Waals surface area contributed by atoms with Gasteiger partial charge >= 0.3 is 11.8 Å². The van der Waals surface area contributed by atoms with E-state index in [1.165, 1.54) is 17.6 Å². The molecule has 0 aliphatic carbocycles. The second-order valence-electron chi connectivity index (χ2n) is 4.42. The zero-order valence-electron chi connectivity index (χ0n) is 10.7. The van der Waals surface area contributed by atoms with Gasteiger partial charge in [-0.2, -0.15) is 5.10 Å². The molecule has 1 aliphatic rings. The van der Waals surface area contributed by atoms with Crippen LogP contribution in [-0.2, 0) is 9.59 Å². The van der Waals surface area contributed by atoms with Crippen molar-refractivity contribution in [2.45, 2.75) is 25.7 Å². The molecule has 102 valence electrons. The second-order valence-corrected chi connectivity index (χ2v) is 5.40. The molecular formula is C13H17N3O2S. The largest absolute Gasteiger partial charge is 0.334 e.